The fraction of sp³-hybridized carbons (Fsp3) is 0.214. The van der Waals surface area contributed by atoms with Crippen LogP contribution in [0, 0.1) is 6.92 Å². The number of aromatic nitrogens is 1. The number of ether oxygens (including phenoxy) is 1. The van der Waals surface area contributed by atoms with Crippen LogP contribution in [0.4, 0.5) is 11.4 Å². The summed E-state index contributed by atoms with van der Waals surface area (Å²) in [6.45, 7) is 3.41. The first-order valence-corrected chi connectivity index (χ1v) is 14.1. The molecule has 4 aromatic rings. The molecule has 0 bridgehead atoms. The molecule has 2 heterocycles. The highest BCUT2D eigenvalue weighted by atomic mass is 35.5. The van der Waals surface area contributed by atoms with Gasteiger partial charge in [0.2, 0.25) is 10.0 Å². The van der Waals surface area contributed by atoms with Crippen molar-refractivity contribution in [1.82, 2.24) is 9.46 Å². The minimum Gasteiger partial charge on any atom is -0.495 e. The van der Waals surface area contributed by atoms with Crippen molar-refractivity contribution >= 4 is 38.9 Å². The van der Waals surface area contributed by atoms with Crippen LogP contribution in [0.5, 0.6) is 5.75 Å². The molecule has 1 aliphatic rings. The van der Waals surface area contributed by atoms with Crippen LogP contribution >= 0.6 is 11.6 Å². The SMILES string of the molecule is COc1ccccc1N1CCN(S(=O)(=O)c2ccc(NC(=O)c3c(-c4ccccc4Cl)noc3C)cc2)CC1. The lowest BCUT2D eigenvalue weighted by atomic mass is 10.1. The summed E-state index contributed by atoms with van der Waals surface area (Å²) in [7, 11) is -2.08. The van der Waals surface area contributed by atoms with Crippen LogP contribution in [0.3, 0.4) is 0 Å². The number of nitrogens with one attached hydrogen (secondary N) is 1. The maximum Gasteiger partial charge on any atom is 0.261 e. The summed E-state index contributed by atoms with van der Waals surface area (Å²) in [5.74, 6) is 0.660. The molecule has 1 aromatic heterocycles. The Bertz CT molecular complexity index is 1600. The summed E-state index contributed by atoms with van der Waals surface area (Å²) in [5, 5.41) is 7.27. The second-order valence-electron chi connectivity index (χ2n) is 8.98. The first kappa shape index (κ1) is 26.7. The highest BCUT2D eigenvalue weighted by Gasteiger charge is 2.29. The largest absolute Gasteiger partial charge is 0.495 e. The molecule has 39 heavy (non-hydrogen) atoms. The van der Waals surface area contributed by atoms with E-state index in [4.69, 9.17) is 20.9 Å². The summed E-state index contributed by atoms with van der Waals surface area (Å²) in [5.41, 5.74) is 2.55. The lowest BCUT2D eigenvalue weighted by Gasteiger charge is -2.35. The van der Waals surface area contributed by atoms with Crippen LogP contribution in [-0.4, -0.2) is 57.1 Å². The van der Waals surface area contributed by atoms with E-state index in [1.807, 2.05) is 24.3 Å². The Morgan fingerprint density at radius 2 is 1.64 bits per heavy atom. The molecule has 202 valence electrons. The van der Waals surface area contributed by atoms with Gasteiger partial charge >= 0.3 is 0 Å². The van der Waals surface area contributed by atoms with Gasteiger partial charge < -0.3 is 19.5 Å². The fourth-order valence-electron chi connectivity index (χ4n) is 4.59. The van der Waals surface area contributed by atoms with Gasteiger partial charge in [-0.15, -0.1) is 0 Å². The molecule has 11 heteroatoms. The van der Waals surface area contributed by atoms with E-state index in [-0.39, 0.29) is 10.5 Å². The molecule has 0 unspecified atom stereocenters. The number of para-hydroxylation sites is 2. The Hall–Kier alpha value is -3.86. The number of anilines is 2. The van der Waals surface area contributed by atoms with E-state index >= 15 is 0 Å². The lowest BCUT2D eigenvalue weighted by Crippen LogP contribution is -2.48. The van der Waals surface area contributed by atoms with Crippen LogP contribution in [-0.2, 0) is 10.0 Å². The van der Waals surface area contributed by atoms with Crippen LogP contribution < -0.4 is 15.0 Å². The molecule has 5 rings (SSSR count). The average Bonchev–Trinajstić information content (AvgIpc) is 3.34. The van der Waals surface area contributed by atoms with Crippen molar-refractivity contribution in [2.75, 3.05) is 43.5 Å². The zero-order chi connectivity index (χ0) is 27.6. The van der Waals surface area contributed by atoms with Crippen LogP contribution in [0.15, 0.2) is 82.2 Å². The van der Waals surface area contributed by atoms with E-state index in [2.05, 4.69) is 15.4 Å². The van der Waals surface area contributed by atoms with E-state index in [9.17, 15) is 13.2 Å². The Morgan fingerprint density at radius 3 is 2.33 bits per heavy atom. The first-order chi connectivity index (χ1) is 18.8. The molecule has 1 saturated heterocycles. The summed E-state index contributed by atoms with van der Waals surface area (Å²) in [6, 6.07) is 20.9. The second-order valence-corrected chi connectivity index (χ2v) is 11.3. The van der Waals surface area contributed by atoms with Gasteiger partial charge in [0.05, 0.1) is 22.7 Å². The maximum atomic E-state index is 13.3. The molecule has 3 aromatic carbocycles. The molecule has 1 fully saturated rings. The molecular weight excluding hydrogens is 540 g/mol. The van der Waals surface area contributed by atoms with Gasteiger partial charge in [0.25, 0.3) is 5.91 Å². The number of benzene rings is 3. The molecule has 1 N–H and O–H groups in total. The smallest absolute Gasteiger partial charge is 0.261 e. The number of nitrogens with zero attached hydrogens (tertiary/aromatic N) is 3. The summed E-state index contributed by atoms with van der Waals surface area (Å²) >= 11 is 6.30. The third-order valence-electron chi connectivity index (χ3n) is 6.63. The van der Waals surface area contributed by atoms with Crippen molar-refractivity contribution in [2.45, 2.75) is 11.8 Å². The number of piperazine rings is 1. The Balaban J connectivity index is 1.27. The Labute approximate surface area is 232 Å². The number of halogens is 1. The summed E-state index contributed by atoms with van der Waals surface area (Å²) < 4.78 is 38.8. The summed E-state index contributed by atoms with van der Waals surface area (Å²) in [6.07, 6.45) is 0. The number of rotatable bonds is 7. The quantitative estimate of drug-likeness (QED) is 0.333. The number of hydrogen-bond acceptors (Lipinski definition) is 7. The van der Waals surface area contributed by atoms with Crippen molar-refractivity contribution in [3.63, 3.8) is 0 Å². The topological polar surface area (TPSA) is 105 Å². The molecule has 0 saturated carbocycles. The van der Waals surface area contributed by atoms with Gasteiger partial charge in [-0.3, -0.25) is 4.79 Å². The van der Waals surface area contributed by atoms with Crippen LogP contribution in [0.1, 0.15) is 16.1 Å². The third kappa shape index (κ3) is 5.36. The van der Waals surface area contributed by atoms with E-state index in [0.717, 1.165) is 11.4 Å². The van der Waals surface area contributed by atoms with Crippen molar-refractivity contribution in [1.29, 1.82) is 0 Å². The van der Waals surface area contributed by atoms with Gasteiger partial charge in [-0.05, 0) is 49.4 Å². The van der Waals surface area contributed by atoms with Gasteiger partial charge in [0.15, 0.2) is 0 Å². The third-order valence-corrected chi connectivity index (χ3v) is 8.88. The number of hydrogen-bond donors (Lipinski definition) is 1. The van der Waals surface area contributed by atoms with E-state index in [0.29, 0.717) is 53.9 Å². The minimum atomic E-state index is -3.70. The van der Waals surface area contributed by atoms with Crippen LogP contribution in [0.25, 0.3) is 11.3 Å². The minimum absolute atomic E-state index is 0.157. The van der Waals surface area contributed by atoms with Crippen LogP contribution in [0.2, 0.25) is 5.02 Å². The van der Waals surface area contributed by atoms with Gasteiger partial charge in [0.1, 0.15) is 22.8 Å². The molecule has 0 spiro atoms. The fourth-order valence-corrected chi connectivity index (χ4v) is 6.24. The van der Waals surface area contributed by atoms with Gasteiger partial charge in [0, 0.05) is 37.4 Å². The Morgan fingerprint density at radius 1 is 0.974 bits per heavy atom. The molecule has 9 nitrogen and oxygen atoms in total. The first-order valence-electron chi connectivity index (χ1n) is 12.3. The van der Waals surface area contributed by atoms with Crippen molar-refractivity contribution in [2.24, 2.45) is 0 Å². The van der Waals surface area contributed by atoms with E-state index in [1.165, 1.54) is 16.4 Å². The predicted octanol–water partition coefficient (Wildman–Crippen LogP) is 5.08. The van der Waals surface area contributed by atoms with Crippen molar-refractivity contribution < 1.29 is 22.5 Å². The van der Waals surface area contributed by atoms with Gasteiger partial charge in [-0.1, -0.05) is 47.1 Å². The zero-order valence-corrected chi connectivity index (χ0v) is 23.0. The molecule has 1 amide bonds. The number of sulfonamides is 1. The van der Waals surface area contributed by atoms with Gasteiger partial charge in [-0.2, -0.15) is 4.31 Å². The molecular formula is C28H27ClN4O5S. The van der Waals surface area contributed by atoms with Gasteiger partial charge in [-0.25, -0.2) is 8.42 Å². The Kier molecular flexibility index (Phi) is 7.60. The lowest BCUT2D eigenvalue weighted by molar-refractivity contribution is 0.102. The van der Waals surface area contributed by atoms with E-state index < -0.39 is 15.9 Å². The van der Waals surface area contributed by atoms with Crippen molar-refractivity contribution in [3.8, 4) is 17.0 Å². The molecule has 1 aliphatic heterocycles. The number of methoxy groups -OCH3 is 1. The highest BCUT2D eigenvalue weighted by Crippen LogP contribution is 2.32. The normalized spacial score (nSPS) is 14.3. The van der Waals surface area contributed by atoms with E-state index in [1.54, 1.807) is 50.4 Å². The number of aryl methyl sites for hydroxylation is 1. The average molecular weight is 567 g/mol. The predicted molar refractivity (Wildman–Crippen MR) is 150 cm³/mol. The van der Waals surface area contributed by atoms with Crippen molar-refractivity contribution in [3.05, 3.63) is 89.1 Å². The number of carbonyl (C=O) groups excluding carboxylic acids is 1. The zero-order valence-electron chi connectivity index (χ0n) is 21.4. The monoisotopic (exact) mass is 566 g/mol. The standard InChI is InChI=1S/C28H27ClN4O5S/c1-19-26(27(31-38-19)22-7-3-4-8-23(22)29)28(34)30-20-11-13-21(14-12-20)39(35,36)33-17-15-32(16-18-33)24-9-5-6-10-25(24)37-2/h3-14H,15-18H2,1-2H3,(H,30,34). The maximum absolute atomic E-state index is 13.3. The number of carbonyl (C=O) groups is 1. The highest BCUT2D eigenvalue weighted by molar-refractivity contribution is 7.89. The number of amides is 1. The second kappa shape index (κ2) is 11.1. The summed E-state index contributed by atoms with van der Waals surface area (Å²) in [4.78, 5) is 15.4. The molecule has 0 aliphatic carbocycles. The molecule has 0 radical (unpaired) electrons. The molecule has 0 atom stereocenters.